The van der Waals surface area contributed by atoms with Crippen LogP contribution in [0.15, 0.2) is 36.7 Å². The van der Waals surface area contributed by atoms with E-state index in [4.69, 9.17) is 9.84 Å². The molecule has 1 heterocycles. The van der Waals surface area contributed by atoms with Crippen LogP contribution in [0.4, 0.5) is 0 Å². The van der Waals surface area contributed by atoms with Gasteiger partial charge in [-0.25, -0.2) is 4.98 Å². The molecule has 20 heavy (non-hydrogen) atoms. The van der Waals surface area contributed by atoms with Crippen LogP contribution in [0.3, 0.4) is 0 Å². The van der Waals surface area contributed by atoms with Gasteiger partial charge in [-0.2, -0.15) is 0 Å². The molecule has 1 aromatic carbocycles. The largest absolute Gasteiger partial charge is 0.492 e. The van der Waals surface area contributed by atoms with Crippen LogP contribution in [0, 0.1) is 11.8 Å². The Morgan fingerprint density at radius 2 is 2.10 bits per heavy atom. The lowest BCUT2D eigenvalue weighted by atomic mass is 10.2. The quantitative estimate of drug-likeness (QED) is 0.844. The van der Waals surface area contributed by atoms with Crippen molar-refractivity contribution in [2.45, 2.75) is 19.9 Å². The number of aliphatic hydroxyl groups excluding tert-OH is 1. The van der Waals surface area contributed by atoms with Crippen LogP contribution >= 0.6 is 0 Å². The van der Waals surface area contributed by atoms with Crippen LogP contribution in [-0.4, -0.2) is 27.9 Å². The molecule has 0 radical (unpaired) electrons. The lowest BCUT2D eigenvalue weighted by Gasteiger charge is -2.08. The molecule has 0 saturated heterocycles. The zero-order chi connectivity index (χ0) is 14.2. The molecule has 4 nitrogen and oxygen atoms in total. The first-order valence-corrected chi connectivity index (χ1v) is 6.66. The van der Waals surface area contributed by atoms with E-state index in [1.807, 2.05) is 36.7 Å². The zero-order valence-electron chi connectivity index (χ0n) is 11.5. The summed E-state index contributed by atoms with van der Waals surface area (Å²) < 4.78 is 7.79. The van der Waals surface area contributed by atoms with E-state index in [1.54, 1.807) is 0 Å². The molecule has 104 valence electrons. The lowest BCUT2D eigenvalue weighted by molar-refractivity contribution is 0.296. The molecule has 0 atom stereocenters. The Morgan fingerprint density at radius 3 is 2.80 bits per heavy atom. The standard InChI is InChI=1S/C16H18N2O2/c1-2-16-17-9-10-18(16)11-13-20-15-7-5-14(6-8-15)4-3-12-19/h5-10,19H,2,11-13H2,1H3. The summed E-state index contributed by atoms with van der Waals surface area (Å²) in [5, 5.41) is 8.63. The highest BCUT2D eigenvalue weighted by atomic mass is 16.5. The number of ether oxygens (including phenoxy) is 1. The van der Waals surface area contributed by atoms with E-state index in [-0.39, 0.29) is 6.61 Å². The fourth-order valence-corrected chi connectivity index (χ4v) is 1.90. The SMILES string of the molecule is CCc1nccn1CCOc1ccc(C#CCO)cc1. The third-order valence-corrected chi connectivity index (χ3v) is 2.88. The molecule has 1 aromatic heterocycles. The van der Waals surface area contributed by atoms with E-state index in [1.165, 1.54) is 0 Å². The summed E-state index contributed by atoms with van der Waals surface area (Å²) in [5.41, 5.74) is 0.870. The topological polar surface area (TPSA) is 47.3 Å². The maximum atomic E-state index is 8.63. The van der Waals surface area contributed by atoms with Gasteiger partial charge in [-0.3, -0.25) is 0 Å². The molecule has 4 heteroatoms. The second-order valence-corrected chi connectivity index (χ2v) is 4.22. The van der Waals surface area contributed by atoms with Gasteiger partial charge in [0.25, 0.3) is 0 Å². The summed E-state index contributed by atoms with van der Waals surface area (Å²) >= 11 is 0. The van der Waals surface area contributed by atoms with Crippen LogP contribution in [0.1, 0.15) is 18.3 Å². The van der Waals surface area contributed by atoms with E-state index in [2.05, 4.69) is 28.3 Å². The minimum absolute atomic E-state index is 0.122. The van der Waals surface area contributed by atoms with Crippen molar-refractivity contribution in [3.63, 3.8) is 0 Å². The number of nitrogens with zero attached hydrogens (tertiary/aromatic N) is 2. The van der Waals surface area contributed by atoms with Crippen molar-refractivity contribution in [2.24, 2.45) is 0 Å². The van der Waals surface area contributed by atoms with Gasteiger partial charge >= 0.3 is 0 Å². The average molecular weight is 270 g/mol. The van der Waals surface area contributed by atoms with Gasteiger partial charge in [0, 0.05) is 24.4 Å². The Bertz CT molecular complexity index is 591. The predicted molar refractivity (Wildman–Crippen MR) is 77.5 cm³/mol. The van der Waals surface area contributed by atoms with Crippen molar-refractivity contribution < 1.29 is 9.84 Å². The van der Waals surface area contributed by atoms with E-state index < -0.39 is 0 Å². The highest BCUT2D eigenvalue weighted by Crippen LogP contribution is 2.11. The van der Waals surface area contributed by atoms with Crippen molar-refractivity contribution in [3.8, 4) is 17.6 Å². The summed E-state index contributed by atoms with van der Waals surface area (Å²) in [7, 11) is 0. The Morgan fingerprint density at radius 1 is 1.30 bits per heavy atom. The number of aromatic nitrogens is 2. The molecular weight excluding hydrogens is 252 g/mol. The first-order valence-electron chi connectivity index (χ1n) is 6.66. The molecule has 0 fully saturated rings. The number of aryl methyl sites for hydroxylation is 1. The van der Waals surface area contributed by atoms with E-state index in [0.717, 1.165) is 30.1 Å². The summed E-state index contributed by atoms with van der Waals surface area (Å²) in [4.78, 5) is 4.27. The van der Waals surface area contributed by atoms with Crippen LogP contribution in [0.5, 0.6) is 5.75 Å². The van der Waals surface area contributed by atoms with Gasteiger partial charge in [-0.15, -0.1) is 0 Å². The van der Waals surface area contributed by atoms with Crippen molar-refractivity contribution in [2.75, 3.05) is 13.2 Å². The van der Waals surface area contributed by atoms with E-state index in [0.29, 0.717) is 6.61 Å². The highest BCUT2D eigenvalue weighted by molar-refractivity contribution is 5.38. The summed E-state index contributed by atoms with van der Waals surface area (Å²) in [6.45, 7) is 3.36. The third kappa shape index (κ3) is 3.87. The molecule has 0 aliphatic rings. The number of aliphatic hydroxyl groups is 1. The Kier molecular flexibility index (Phi) is 5.22. The van der Waals surface area contributed by atoms with E-state index in [9.17, 15) is 0 Å². The van der Waals surface area contributed by atoms with Crippen LogP contribution in [0.2, 0.25) is 0 Å². The summed E-state index contributed by atoms with van der Waals surface area (Å²) in [6, 6.07) is 7.53. The zero-order valence-corrected chi connectivity index (χ0v) is 11.5. The molecule has 0 amide bonds. The molecule has 2 aromatic rings. The van der Waals surface area contributed by atoms with Gasteiger partial charge in [0.1, 0.15) is 24.8 Å². The highest BCUT2D eigenvalue weighted by Gasteiger charge is 2.00. The van der Waals surface area contributed by atoms with Crippen molar-refractivity contribution in [1.82, 2.24) is 9.55 Å². The first-order chi connectivity index (χ1) is 9.83. The Labute approximate surface area is 119 Å². The van der Waals surface area contributed by atoms with Gasteiger partial charge in [0.05, 0.1) is 6.54 Å². The van der Waals surface area contributed by atoms with Gasteiger partial charge in [-0.1, -0.05) is 18.8 Å². The van der Waals surface area contributed by atoms with E-state index >= 15 is 0 Å². The molecule has 0 unspecified atom stereocenters. The second kappa shape index (κ2) is 7.37. The maximum absolute atomic E-state index is 8.63. The fourth-order valence-electron chi connectivity index (χ4n) is 1.90. The van der Waals surface area contributed by atoms with Crippen molar-refractivity contribution in [3.05, 3.63) is 48.0 Å². The minimum Gasteiger partial charge on any atom is -0.492 e. The molecule has 1 N–H and O–H groups in total. The van der Waals surface area contributed by atoms with Crippen LogP contribution < -0.4 is 4.74 Å². The molecule has 0 aliphatic carbocycles. The Balaban J connectivity index is 1.85. The number of hydrogen-bond donors (Lipinski definition) is 1. The van der Waals surface area contributed by atoms with Crippen molar-refractivity contribution >= 4 is 0 Å². The molecule has 2 rings (SSSR count). The molecule has 0 aliphatic heterocycles. The molecule has 0 spiro atoms. The number of hydrogen-bond acceptors (Lipinski definition) is 3. The maximum Gasteiger partial charge on any atom is 0.119 e. The monoisotopic (exact) mass is 270 g/mol. The van der Waals surface area contributed by atoms with Crippen molar-refractivity contribution in [1.29, 1.82) is 0 Å². The number of rotatable bonds is 5. The number of imidazole rings is 1. The normalized spacial score (nSPS) is 9.90. The Hall–Kier alpha value is -2.25. The first kappa shape index (κ1) is 14.2. The smallest absolute Gasteiger partial charge is 0.119 e. The molecular formula is C16H18N2O2. The predicted octanol–water partition coefficient (Wildman–Crippen LogP) is 1.87. The van der Waals surface area contributed by atoms with Gasteiger partial charge in [0.2, 0.25) is 0 Å². The van der Waals surface area contributed by atoms with Gasteiger partial charge < -0.3 is 14.4 Å². The minimum atomic E-state index is -0.122. The second-order valence-electron chi connectivity index (χ2n) is 4.22. The fraction of sp³-hybridized carbons (Fsp3) is 0.312. The van der Waals surface area contributed by atoms with Gasteiger partial charge in [0.15, 0.2) is 0 Å². The summed E-state index contributed by atoms with van der Waals surface area (Å²) in [6.07, 6.45) is 4.70. The molecule has 0 bridgehead atoms. The average Bonchev–Trinajstić information content (AvgIpc) is 2.94. The lowest BCUT2D eigenvalue weighted by Crippen LogP contribution is -2.10. The van der Waals surface area contributed by atoms with Crippen LogP contribution in [0.25, 0.3) is 0 Å². The third-order valence-electron chi connectivity index (χ3n) is 2.88. The van der Waals surface area contributed by atoms with Crippen LogP contribution in [-0.2, 0) is 13.0 Å². The molecule has 0 saturated carbocycles. The van der Waals surface area contributed by atoms with Gasteiger partial charge in [-0.05, 0) is 24.3 Å². The summed E-state index contributed by atoms with van der Waals surface area (Å²) in [5.74, 6) is 7.35. The number of benzene rings is 1.